The fraction of sp³-hybridized carbons (Fsp3) is 0.393. The van der Waals surface area contributed by atoms with E-state index in [1.54, 1.807) is 17.0 Å². The van der Waals surface area contributed by atoms with Crippen molar-refractivity contribution >= 4 is 32.5 Å². The molecule has 9 heteroatoms. The van der Waals surface area contributed by atoms with Crippen LogP contribution in [-0.4, -0.2) is 68.8 Å². The Hall–Kier alpha value is -3.01. The van der Waals surface area contributed by atoms with E-state index in [0.717, 1.165) is 31.5 Å². The lowest BCUT2D eigenvalue weighted by Crippen LogP contribution is -2.57. The van der Waals surface area contributed by atoms with Gasteiger partial charge < -0.3 is 9.80 Å². The van der Waals surface area contributed by atoms with Gasteiger partial charge in [-0.3, -0.25) is 13.9 Å². The standard InChI is InChI=1S/C28H30FN3O4S/c1-37(34,35)36-17-16-31-19-32(23-10-8-22(29)9-11-23)28(27(31)33)12-14-30(15-13-28)25-18-21-6-2-4-20-5-3-7-24(25)26(20)21/h2-11,25H,12-19H2,1H3. The first kappa shape index (κ1) is 24.3. The Morgan fingerprint density at radius 3 is 2.43 bits per heavy atom. The van der Waals surface area contributed by atoms with Gasteiger partial charge in [0.05, 0.1) is 19.5 Å². The molecule has 0 aromatic heterocycles. The predicted octanol–water partition coefficient (Wildman–Crippen LogP) is 3.69. The molecule has 37 heavy (non-hydrogen) atoms. The van der Waals surface area contributed by atoms with E-state index >= 15 is 0 Å². The second-order valence-electron chi connectivity index (χ2n) is 10.3. The van der Waals surface area contributed by atoms with Crippen LogP contribution >= 0.6 is 0 Å². The average Bonchev–Trinajstić information content (AvgIpc) is 3.38. The van der Waals surface area contributed by atoms with Gasteiger partial charge in [-0.2, -0.15) is 8.42 Å². The number of carbonyl (C=O) groups is 1. The minimum Gasteiger partial charge on any atom is -0.339 e. The molecule has 2 aliphatic heterocycles. The molecule has 0 saturated carbocycles. The van der Waals surface area contributed by atoms with Crippen molar-refractivity contribution in [3.05, 3.63) is 77.6 Å². The average molecular weight is 524 g/mol. The molecule has 6 rings (SSSR count). The van der Waals surface area contributed by atoms with E-state index in [1.165, 1.54) is 34.0 Å². The van der Waals surface area contributed by atoms with Crippen LogP contribution in [0.1, 0.15) is 30.0 Å². The molecular weight excluding hydrogens is 493 g/mol. The molecular formula is C28H30FN3O4S. The lowest BCUT2D eigenvalue weighted by molar-refractivity contribution is -0.134. The third-order valence-corrected chi connectivity index (χ3v) is 8.77. The van der Waals surface area contributed by atoms with Crippen LogP contribution < -0.4 is 4.90 Å². The van der Waals surface area contributed by atoms with Crippen molar-refractivity contribution in [1.29, 1.82) is 0 Å². The Kier molecular flexibility index (Phi) is 5.97. The van der Waals surface area contributed by atoms with E-state index in [4.69, 9.17) is 4.18 Å². The van der Waals surface area contributed by atoms with Gasteiger partial charge in [0.25, 0.3) is 10.1 Å². The molecule has 0 radical (unpaired) electrons. The molecule has 2 fully saturated rings. The fourth-order valence-electron chi connectivity index (χ4n) is 6.43. The number of anilines is 1. The minimum absolute atomic E-state index is 0.0228. The number of likely N-dealkylation sites (tertiary alicyclic amines) is 1. The first-order valence-corrected chi connectivity index (χ1v) is 14.5. The second kappa shape index (κ2) is 9.08. The Morgan fingerprint density at radius 2 is 1.73 bits per heavy atom. The molecule has 1 aliphatic carbocycles. The largest absolute Gasteiger partial charge is 0.339 e. The molecule has 1 amide bonds. The van der Waals surface area contributed by atoms with Gasteiger partial charge in [-0.05, 0) is 65.4 Å². The van der Waals surface area contributed by atoms with Gasteiger partial charge in [-0.25, -0.2) is 4.39 Å². The van der Waals surface area contributed by atoms with Crippen LogP contribution in [0.5, 0.6) is 0 Å². The quantitative estimate of drug-likeness (QED) is 0.459. The van der Waals surface area contributed by atoms with Gasteiger partial charge in [0.2, 0.25) is 5.91 Å². The molecule has 0 bridgehead atoms. The first-order valence-electron chi connectivity index (χ1n) is 12.7. The maximum absolute atomic E-state index is 13.8. The zero-order valence-electron chi connectivity index (χ0n) is 20.8. The van der Waals surface area contributed by atoms with Gasteiger partial charge in [-0.1, -0.05) is 36.4 Å². The number of carbonyl (C=O) groups excluding carboxylic acids is 1. The Morgan fingerprint density at radius 1 is 1.03 bits per heavy atom. The lowest BCUT2D eigenvalue weighted by Gasteiger charge is -2.45. The van der Waals surface area contributed by atoms with E-state index < -0.39 is 15.7 Å². The Balaban J connectivity index is 1.25. The van der Waals surface area contributed by atoms with Gasteiger partial charge in [0, 0.05) is 31.4 Å². The van der Waals surface area contributed by atoms with Crippen molar-refractivity contribution in [2.75, 3.05) is 44.1 Å². The molecule has 3 aromatic rings. The molecule has 7 nitrogen and oxygen atoms in total. The van der Waals surface area contributed by atoms with Gasteiger partial charge in [-0.15, -0.1) is 0 Å². The summed E-state index contributed by atoms with van der Waals surface area (Å²) in [5.41, 5.74) is 2.77. The molecule has 3 aromatic carbocycles. The topological polar surface area (TPSA) is 70.2 Å². The van der Waals surface area contributed by atoms with Crippen molar-refractivity contribution in [2.45, 2.75) is 30.8 Å². The Bertz CT molecular complexity index is 1450. The molecule has 3 aliphatic rings. The van der Waals surface area contributed by atoms with E-state index in [1.807, 2.05) is 0 Å². The molecule has 2 saturated heterocycles. The second-order valence-corrected chi connectivity index (χ2v) is 11.9. The normalized spacial score (nSPS) is 21.5. The van der Waals surface area contributed by atoms with E-state index in [9.17, 15) is 17.6 Å². The number of benzene rings is 3. The SMILES string of the molecule is CS(=O)(=O)OCCN1CN(c2ccc(F)cc2)C2(CCN(C3Cc4cccc5cccc3c45)CC2)C1=O. The molecule has 1 atom stereocenters. The summed E-state index contributed by atoms with van der Waals surface area (Å²) in [6.07, 6.45) is 3.24. The maximum Gasteiger partial charge on any atom is 0.264 e. The summed E-state index contributed by atoms with van der Waals surface area (Å²) in [6.45, 7) is 1.91. The molecule has 1 unspecified atom stereocenters. The van der Waals surface area contributed by atoms with E-state index in [2.05, 4.69) is 46.2 Å². The van der Waals surface area contributed by atoms with Crippen molar-refractivity contribution in [3.8, 4) is 0 Å². The summed E-state index contributed by atoms with van der Waals surface area (Å²) in [7, 11) is -3.59. The van der Waals surface area contributed by atoms with Gasteiger partial charge in [0.15, 0.2) is 0 Å². The van der Waals surface area contributed by atoms with Crippen LogP contribution in [0.25, 0.3) is 10.8 Å². The minimum atomic E-state index is -3.59. The van der Waals surface area contributed by atoms with Crippen LogP contribution in [-0.2, 0) is 25.5 Å². The highest BCUT2D eigenvalue weighted by Crippen LogP contribution is 2.45. The number of halogens is 1. The number of hydrogen-bond acceptors (Lipinski definition) is 6. The summed E-state index contributed by atoms with van der Waals surface area (Å²) in [5.74, 6) is -0.350. The summed E-state index contributed by atoms with van der Waals surface area (Å²) in [6, 6.07) is 19.5. The van der Waals surface area contributed by atoms with Crippen molar-refractivity contribution in [3.63, 3.8) is 0 Å². The zero-order chi connectivity index (χ0) is 25.8. The van der Waals surface area contributed by atoms with Crippen LogP contribution in [0.15, 0.2) is 60.7 Å². The lowest BCUT2D eigenvalue weighted by atomic mass is 9.84. The molecule has 194 valence electrons. The Labute approximate surface area is 216 Å². The maximum atomic E-state index is 13.8. The zero-order valence-corrected chi connectivity index (χ0v) is 21.6. The molecule has 0 N–H and O–H groups in total. The fourth-order valence-corrected chi connectivity index (χ4v) is 6.81. The van der Waals surface area contributed by atoms with Crippen molar-refractivity contribution in [2.24, 2.45) is 0 Å². The van der Waals surface area contributed by atoms with Crippen LogP contribution in [0.4, 0.5) is 10.1 Å². The van der Waals surface area contributed by atoms with E-state index in [-0.39, 0.29) is 30.9 Å². The monoisotopic (exact) mass is 523 g/mol. The number of nitrogens with zero attached hydrogens (tertiary/aromatic N) is 3. The molecule has 2 heterocycles. The van der Waals surface area contributed by atoms with Gasteiger partial charge in [0.1, 0.15) is 11.4 Å². The highest BCUT2D eigenvalue weighted by molar-refractivity contribution is 7.85. The molecule has 1 spiro atoms. The summed E-state index contributed by atoms with van der Waals surface area (Å²) >= 11 is 0. The number of rotatable bonds is 6. The summed E-state index contributed by atoms with van der Waals surface area (Å²) in [5, 5.41) is 2.63. The van der Waals surface area contributed by atoms with E-state index in [0.29, 0.717) is 19.5 Å². The summed E-state index contributed by atoms with van der Waals surface area (Å²) < 4.78 is 41.5. The number of amides is 1. The first-order chi connectivity index (χ1) is 17.7. The van der Waals surface area contributed by atoms with Crippen molar-refractivity contribution in [1.82, 2.24) is 9.80 Å². The van der Waals surface area contributed by atoms with Crippen molar-refractivity contribution < 1.29 is 21.8 Å². The highest BCUT2D eigenvalue weighted by Gasteiger charge is 2.54. The van der Waals surface area contributed by atoms with Crippen LogP contribution in [0.2, 0.25) is 0 Å². The third-order valence-electron chi connectivity index (χ3n) is 8.17. The van der Waals surface area contributed by atoms with Crippen LogP contribution in [0.3, 0.4) is 0 Å². The highest BCUT2D eigenvalue weighted by atomic mass is 32.2. The van der Waals surface area contributed by atoms with Crippen LogP contribution in [0, 0.1) is 5.82 Å². The third kappa shape index (κ3) is 4.28. The number of hydrogen-bond donors (Lipinski definition) is 0. The number of piperidine rings is 1. The smallest absolute Gasteiger partial charge is 0.264 e. The predicted molar refractivity (Wildman–Crippen MR) is 140 cm³/mol. The summed E-state index contributed by atoms with van der Waals surface area (Å²) in [4.78, 5) is 20.1. The van der Waals surface area contributed by atoms with Gasteiger partial charge >= 0.3 is 0 Å².